The predicted molar refractivity (Wildman–Crippen MR) is 90.7 cm³/mol. The van der Waals surface area contributed by atoms with Gasteiger partial charge in [-0.15, -0.1) is 0 Å². The van der Waals surface area contributed by atoms with E-state index in [1.807, 2.05) is 24.3 Å². The Kier molecular flexibility index (Phi) is 6.41. The minimum Gasteiger partial charge on any atom is -0.497 e. The average Bonchev–Trinajstić information content (AvgIpc) is 2.64. The first kappa shape index (κ1) is 17.1. The third kappa shape index (κ3) is 5.18. The lowest BCUT2D eigenvalue weighted by molar-refractivity contribution is 0.241. The van der Waals surface area contributed by atoms with Gasteiger partial charge < -0.3 is 20.7 Å². The van der Waals surface area contributed by atoms with Crippen molar-refractivity contribution in [3.05, 3.63) is 53.7 Å². The van der Waals surface area contributed by atoms with Crippen LogP contribution in [0.5, 0.6) is 5.75 Å². The van der Waals surface area contributed by atoms with Crippen molar-refractivity contribution >= 4 is 11.8 Å². The van der Waals surface area contributed by atoms with Crippen molar-refractivity contribution in [2.45, 2.75) is 6.54 Å². The number of hydrogen-bond donors (Lipinski definition) is 3. The van der Waals surface area contributed by atoms with Gasteiger partial charge in [0.25, 0.3) is 0 Å². The molecule has 3 N–H and O–H groups in total. The summed E-state index contributed by atoms with van der Waals surface area (Å²) in [6.07, 6.45) is 1.61. The normalized spacial score (nSPS) is 9.67. The minimum atomic E-state index is -0.255. The monoisotopic (exact) mass is 325 g/mol. The molecule has 1 heterocycles. The van der Waals surface area contributed by atoms with Crippen LogP contribution in [0, 0.1) is 11.3 Å². The molecule has 0 saturated carbocycles. The van der Waals surface area contributed by atoms with Crippen LogP contribution in [0.15, 0.2) is 42.6 Å². The van der Waals surface area contributed by atoms with E-state index in [9.17, 15) is 4.79 Å². The highest BCUT2D eigenvalue weighted by Crippen LogP contribution is 2.11. The summed E-state index contributed by atoms with van der Waals surface area (Å²) in [6, 6.07) is 12.7. The first-order valence-corrected chi connectivity index (χ1v) is 7.46. The van der Waals surface area contributed by atoms with Crippen LogP contribution in [0.3, 0.4) is 0 Å². The molecule has 0 unspecified atom stereocenters. The Morgan fingerprint density at radius 3 is 2.71 bits per heavy atom. The molecule has 0 saturated heterocycles. The molecule has 124 valence electrons. The summed E-state index contributed by atoms with van der Waals surface area (Å²) < 4.78 is 5.08. The summed E-state index contributed by atoms with van der Waals surface area (Å²) in [4.78, 5) is 15.8. The third-order valence-corrected chi connectivity index (χ3v) is 3.24. The van der Waals surface area contributed by atoms with Gasteiger partial charge in [-0.1, -0.05) is 12.1 Å². The van der Waals surface area contributed by atoms with Gasteiger partial charge in [-0.25, -0.2) is 9.78 Å². The molecule has 0 radical (unpaired) electrons. The smallest absolute Gasteiger partial charge is 0.315 e. The molecule has 0 bridgehead atoms. The van der Waals surface area contributed by atoms with Gasteiger partial charge in [0.15, 0.2) is 0 Å². The van der Waals surface area contributed by atoms with Crippen LogP contribution in [0.4, 0.5) is 10.6 Å². The van der Waals surface area contributed by atoms with Crippen LogP contribution in [-0.4, -0.2) is 31.2 Å². The highest BCUT2D eigenvalue weighted by atomic mass is 16.5. The summed E-state index contributed by atoms with van der Waals surface area (Å²) in [6.45, 7) is 1.32. The highest BCUT2D eigenvalue weighted by Gasteiger charge is 2.03. The van der Waals surface area contributed by atoms with Crippen molar-refractivity contribution < 1.29 is 9.53 Å². The zero-order valence-corrected chi connectivity index (χ0v) is 13.4. The second kappa shape index (κ2) is 9.00. The maximum absolute atomic E-state index is 11.7. The summed E-state index contributed by atoms with van der Waals surface area (Å²) in [5, 5.41) is 17.5. The van der Waals surface area contributed by atoms with E-state index in [2.05, 4.69) is 27.0 Å². The summed E-state index contributed by atoms with van der Waals surface area (Å²) in [5.41, 5.74) is 1.46. The fourth-order valence-electron chi connectivity index (χ4n) is 1.98. The van der Waals surface area contributed by atoms with E-state index >= 15 is 0 Å². The molecule has 0 aliphatic rings. The van der Waals surface area contributed by atoms with Crippen molar-refractivity contribution in [1.29, 1.82) is 5.26 Å². The molecular weight excluding hydrogens is 306 g/mol. The maximum atomic E-state index is 11.7. The second-order valence-electron chi connectivity index (χ2n) is 4.90. The zero-order chi connectivity index (χ0) is 17.2. The number of rotatable bonds is 7. The van der Waals surface area contributed by atoms with E-state index in [0.717, 1.165) is 11.3 Å². The van der Waals surface area contributed by atoms with Crippen molar-refractivity contribution in [2.24, 2.45) is 0 Å². The van der Waals surface area contributed by atoms with Gasteiger partial charge in [-0.05, 0) is 29.8 Å². The van der Waals surface area contributed by atoms with E-state index in [0.29, 0.717) is 31.0 Å². The summed E-state index contributed by atoms with van der Waals surface area (Å²) >= 11 is 0. The van der Waals surface area contributed by atoms with Gasteiger partial charge in [0, 0.05) is 25.8 Å². The predicted octanol–water partition coefficient (Wildman–Crippen LogP) is 1.87. The maximum Gasteiger partial charge on any atom is 0.315 e. The van der Waals surface area contributed by atoms with Crippen LogP contribution < -0.4 is 20.7 Å². The second-order valence-corrected chi connectivity index (χ2v) is 4.90. The van der Waals surface area contributed by atoms with Crippen LogP contribution in [-0.2, 0) is 6.54 Å². The largest absolute Gasteiger partial charge is 0.497 e. The lowest BCUT2D eigenvalue weighted by atomic mass is 10.2. The Morgan fingerprint density at radius 2 is 2.00 bits per heavy atom. The van der Waals surface area contributed by atoms with E-state index in [-0.39, 0.29) is 6.03 Å². The molecule has 0 fully saturated rings. The Labute approximate surface area is 140 Å². The van der Waals surface area contributed by atoms with E-state index in [1.165, 1.54) is 0 Å². The number of nitrogens with zero attached hydrogens (tertiary/aromatic N) is 2. The summed E-state index contributed by atoms with van der Waals surface area (Å²) in [7, 11) is 1.61. The number of ether oxygens (including phenoxy) is 1. The Morgan fingerprint density at radius 1 is 1.21 bits per heavy atom. The number of nitrogens with one attached hydrogen (secondary N) is 3. The third-order valence-electron chi connectivity index (χ3n) is 3.24. The fraction of sp³-hybridized carbons (Fsp3) is 0.235. The van der Waals surface area contributed by atoms with Gasteiger partial charge in [0.05, 0.1) is 12.7 Å². The lowest BCUT2D eigenvalue weighted by Gasteiger charge is -2.10. The summed E-state index contributed by atoms with van der Waals surface area (Å²) in [5.74, 6) is 1.29. The Bertz CT molecular complexity index is 710. The Hall–Kier alpha value is -3.27. The van der Waals surface area contributed by atoms with Crippen LogP contribution in [0.1, 0.15) is 11.1 Å². The minimum absolute atomic E-state index is 0.255. The number of amides is 2. The van der Waals surface area contributed by atoms with E-state index < -0.39 is 0 Å². The van der Waals surface area contributed by atoms with Crippen molar-refractivity contribution in [1.82, 2.24) is 15.6 Å². The van der Waals surface area contributed by atoms with Crippen LogP contribution >= 0.6 is 0 Å². The number of aromatic nitrogens is 1. The first-order chi connectivity index (χ1) is 11.7. The molecule has 0 atom stereocenters. The standard InChI is InChI=1S/C17H19N5O2/c1-24-15-6-4-13(5-7-15)12-22-17(23)21-10-9-20-16-14(11-18)3-2-8-19-16/h2-8H,9-10,12H2,1H3,(H,19,20)(H2,21,22,23). The first-order valence-electron chi connectivity index (χ1n) is 7.46. The molecule has 2 rings (SSSR count). The molecule has 0 aliphatic carbocycles. The molecule has 2 amide bonds. The molecule has 24 heavy (non-hydrogen) atoms. The number of carbonyl (C=O) groups excluding carboxylic acids is 1. The number of carbonyl (C=O) groups is 1. The quantitative estimate of drug-likeness (QED) is 0.675. The molecule has 7 heteroatoms. The van der Waals surface area contributed by atoms with Crippen LogP contribution in [0.25, 0.3) is 0 Å². The molecule has 2 aromatic rings. The van der Waals surface area contributed by atoms with Gasteiger partial charge in [-0.2, -0.15) is 5.26 Å². The van der Waals surface area contributed by atoms with Gasteiger partial charge in [0.1, 0.15) is 17.6 Å². The van der Waals surface area contributed by atoms with Crippen molar-refractivity contribution in [3.63, 3.8) is 0 Å². The average molecular weight is 325 g/mol. The van der Waals surface area contributed by atoms with Gasteiger partial charge in [0.2, 0.25) is 0 Å². The number of urea groups is 1. The number of hydrogen-bond acceptors (Lipinski definition) is 5. The molecule has 0 spiro atoms. The van der Waals surface area contributed by atoms with E-state index in [4.69, 9.17) is 10.00 Å². The van der Waals surface area contributed by atoms with E-state index in [1.54, 1.807) is 25.4 Å². The van der Waals surface area contributed by atoms with Crippen molar-refractivity contribution in [2.75, 3.05) is 25.5 Å². The SMILES string of the molecule is COc1ccc(CNC(=O)NCCNc2ncccc2C#N)cc1. The molecule has 1 aromatic heterocycles. The number of benzene rings is 1. The molecule has 0 aliphatic heterocycles. The number of methoxy groups -OCH3 is 1. The van der Waals surface area contributed by atoms with Gasteiger partial charge >= 0.3 is 6.03 Å². The lowest BCUT2D eigenvalue weighted by Crippen LogP contribution is -2.37. The molecule has 1 aromatic carbocycles. The van der Waals surface area contributed by atoms with Gasteiger partial charge in [-0.3, -0.25) is 0 Å². The Balaban J connectivity index is 1.67. The fourth-order valence-corrected chi connectivity index (χ4v) is 1.98. The number of nitriles is 1. The number of anilines is 1. The topological polar surface area (TPSA) is 99.1 Å². The molecule has 7 nitrogen and oxygen atoms in total. The van der Waals surface area contributed by atoms with Crippen molar-refractivity contribution in [3.8, 4) is 11.8 Å². The zero-order valence-electron chi connectivity index (χ0n) is 13.4. The molecular formula is C17H19N5O2. The highest BCUT2D eigenvalue weighted by molar-refractivity contribution is 5.73. The number of pyridine rings is 1. The van der Waals surface area contributed by atoms with Crippen LogP contribution in [0.2, 0.25) is 0 Å².